The van der Waals surface area contributed by atoms with Gasteiger partial charge >= 0.3 is 6.72 Å². The molecular weight excluding hydrogens is 248 g/mol. The molecule has 59 valence electrons. The Kier molecular flexibility index (Phi) is 10.3. The third-order valence-electron chi connectivity index (χ3n) is 0.584. The van der Waals surface area contributed by atoms with Crippen molar-refractivity contribution in [3.63, 3.8) is 0 Å². The average Bonchev–Trinajstić information content (AvgIpc) is 1.64. The first-order valence-corrected chi connectivity index (χ1v) is 5.33. The van der Waals surface area contributed by atoms with E-state index in [9.17, 15) is 0 Å². The van der Waals surface area contributed by atoms with Crippen LogP contribution in [0.25, 0.3) is 0 Å². The number of hydrogen-bond acceptors (Lipinski definition) is 3. The summed E-state index contributed by atoms with van der Waals surface area (Å²) < 4.78 is 9.46. The van der Waals surface area contributed by atoms with Gasteiger partial charge in [-0.15, -0.1) is 0 Å². The van der Waals surface area contributed by atoms with E-state index in [1.165, 1.54) is 0 Å². The normalized spacial score (nSPS) is 10.7. The molecular formula is C4H11O3PSY. The fraction of sp³-hybridized carbons (Fsp3) is 1.00. The van der Waals surface area contributed by atoms with Gasteiger partial charge in [0.2, 0.25) is 0 Å². The number of hydrogen-bond donors (Lipinski definition) is 1. The molecule has 0 aliphatic carbocycles. The molecule has 0 fully saturated rings. The van der Waals surface area contributed by atoms with Gasteiger partial charge in [-0.2, -0.15) is 0 Å². The van der Waals surface area contributed by atoms with Gasteiger partial charge in [0.1, 0.15) is 0 Å². The fourth-order valence-electron chi connectivity index (χ4n) is 0.364. The van der Waals surface area contributed by atoms with E-state index in [0.29, 0.717) is 13.2 Å². The van der Waals surface area contributed by atoms with Crippen LogP contribution in [0.4, 0.5) is 0 Å². The summed E-state index contributed by atoms with van der Waals surface area (Å²) in [5, 5.41) is 0. The van der Waals surface area contributed by atoms with E-state index < -0.39 is 6.72 Å². The Hall–Kier alpha value is 1.63. The van der Waals surface area contributed by atoms with Crippen LogP contribution in [0.2, 0.25) is 0 Å². The van der Waals surface area contributed by atoms with Crippen molar-refractivity contribution in [2.75, 3.05) is 13.2 Å². The molecule has 0 unspecified atom stereocenters. The predicted octanol–water partition coefficient (Wildman–Crippen LogP) is 1.27. The van der Waals surface area contributed by atoms with Crippen LogP contribution < -0.4 is 0 Å². The molecule has 1 N–H and O–H groups in total. The first-order valence-electron chi connectivity index (χ1n) is 2.74. The second kappa shape index (κ2) is 7.29. The summed E-state index contributed by atoms with van der Waals surface area (Å²) in [6.07, 6.45) is 0. The zero-order valence-corrected chi connectivity index (χ0v) is 10.7. The Morgan fingerprint density at radius 1 is 1.30 bits per heavy atom. The summed E-state index contributed by atoms with van der Waals surface area (Å²) in [7, 11) is 0. The van der Waals surface area contributed by atoms with Crippen LogP contribution in [0.1, 0.15) is 13.8 Å². The van der Waals surface area contributed by atoms with Gasteiger partial charge in [-0.05, 0) is 25.7 Å². The zero-order chi connectivity index (χ0) is 7.33. The summed E-state index contributed by atoms with van der Waals surface area (Å²) in [6.45, 7) is 1.45. The van der Waals surface area contributed by atoms with Gasteiger partial charge in [-0.25, -0.2) is 0 Å². The molecule has 0 aliphatic rings. The van der Waals surface area contributed by atoms with Gasteiger partial charge in [0.25, 0.3) is 0 Å². The predicted molar refractivity (Wildman–Crippen MR) is 39.8 cm³/mol. The third-order valence-corrected chi connectivity index (χ3v) is 2.39. The molecule has 0 saturated carbocycles. The van der Waals surface area contributed by atoms with Crippen LogP contribution in [0.3, 0.4) is 0 Å². The van der Waals surface area contributed by atoms with Crippen molar-refractivity contribution in [3.05, 3.63) is 0 Å². The molecule has 0 aromatic carbocycles. The minimum atomic E-state index is -2.86. The summed E-state index contributed by atoms with van der Waals surface area (Å²) in [4.78, 5) is 9.00. The van der Waals surface area contributed by atoms with Crippen molar-refractivity contribution in [2.24, 2.45) is 0 Å². The molecule has 0 heterocycles. The van der Waals surface area contributed by atoms with Gasteiger partial charge in [-0.3, -0.25) is 0 Å². The van der Waals surface area contributed by atoms with Crippen molar-refractivity contribution in [1.82, 2.24) is 0 Å². The second-order valence-corrected chi connectivity index (χ2v) is 4.14. The largest absolute Gasteiger partial charge is 0.324 e. The van der Waals surface area contributed by atoms with E-state index in [-0.39, 0.29) is 32.7 Å². The molecule has 3 nitrogen and oxygen atoms in total. The zero-order valence-electron chi connectivity index (χ0n) is 6.11. The Balaban J connectivity index is 0. The van der Waals surface area contributed by atoms with Crippen molar-refractivity contribution in [1.29, 1.82) is 0 Å². The first kappa shape index (κ1) is 14.2. The molecule has 6 heteroatoms. The summed E-state index contributed by atoms with van der Waals surface area (Å²) in [5.41, 5.74) is 0. The van der Waals surface area contributed by atoms with Crippen LogP contribution in [0.15, 0.2) is 0 Å². The smallest absolute Gasteiger partial charge is 0.324 e. The summed E-state index contributed by atoms with van der Waals surface area (Å²) in [6, 6.07) is 0. The van der Waals surface area contributed by atoms with E-state index in [4.69, 9.17) is 13.9 Å². The monoisotopic (exact) mass is 259 g/mol. The number of rotatable bonds is 4. The molecule has 0 aliphatic heterocycles. The summed E-state index contributed by atoms with van der Waals surface area (Å²) >= 11 is 4.56. The van der Waals surface area contributed by atoms with Crippen LogP contribution in [0.5, 0.6) is 0 Å². The molecule has 0 rings (SSSR count). The molecule has 1 radical (unpaired) electrons. The van der Waals surface area contributed by atoms with Crippen LogP contribution in [-0.2, 0) is 53.6 Å². The maximum Gasteiger partial charge on any atom is 0.324 e. The van der Waals surface area contributed by atoms with Gasteiger partial charge in [0, 0.05) is 32.7 Å². The van der Waals surface area contributed by atoms with E-state index in [1.807, 2.05) is 0 Å². The maximum absolute atomic E-state index is 9.00. The second-order valence-electron chi connectivity index (χ2n) is 1.30. The van der Waals surface area contributed by atoms with E-state index >= 15 is 0 Å². The minimum absolute atomic E-state index is 0. The van der Waals surface area contributed by atoms with Crippen molar-refractivity contribution in [2.45, 2.75) is 13.8 Å². The van der Waals surface area contributed by atoms with Crippen LogP contribution in [0, 0.1) is 0 Å². The molecule has 0 amide bonds. The van der Waals surface area contributed by atoms with E-state index in [2.05, 4.69) is 11.8 Å². The summed E-state index contributed by atoms with van der Waals surface area (Å²) in [5.74, 6) is 0. The van der Waals surface area contributed by atoms with Crippen LogP contribution >= 0.6 is 6.72 Å². The standard InChI is InChI=1S/C4H11O3PS.Y/c1-3-6-8(5,9)7-4-2;/h3-4H2,1-2H3,(H,5,9);. The van der Waals surface area contributed by atoms with Gasteiger partial charge in [0.05, 0.1) is 13.2 Å². The molecule has 0 saturated heterocycles. The third kappa shape index (κ3) is 7.74. The molecule has 10 heavy (non-hydrogen) atoms. The van der Waals surface area contributed by atoms with E-state index in [0.717, 1.165) is 0 Å². The van der Waals surface area contributed by atoms with E-state index in [1.54, 1.807) is 13.8 Å². The van der Waals surface area contributed by atoms with Crippen LogP contribution in [-0.4, -0.2) is 18.1 Å². The molecule has 0 spiro atoms. The first-order chi connectivity index (χ1) is 4.12. The molecule has 0 aromatic heterocycles. The van der Waals surface area contributed by atoms with Gasteiger partial charge < -0.3 is 13.9 Å². The maximum atomic E-state index is 9.00. The fourth-order valence-corrected chi connectivity index (χ4v) is 1.72. The Bertz CT molecular complexity index is 111. The van der Waals surface area contributed by atoms with Crippen molar-refractivity contribution in [3.8, 4) is 0 Å². The minimum Gasteiger partial charge on any atom is -0.324 e. The molecule has 0 aromatic rings. The van der Waals surface area contributed by atoms with Gasteiger partial charge in [0.15, 0.2) is 0 Å². The Labute approximate surface area is 91.6 Å². The van der Waals surface area contributed by atoms with Crippen molar-refractivity contribution < 1.29 is 46.7 Å². The van der Waals surface area contributed by atoms with Crippen molar-refractivity contribution >= 4 is 18.5 Å². The SMILES string of the molecule is CCOP(O)(=S)OCC.[Y]. The Morgan fingerprint density at radius 3 is 1.80 bits per heavy atom. The molecule has 0 atom stereocenters. The average molecular weight is 259 g/mol. The Morgan fingerprint density at radius 2 is 1.60 bits per heavy atom. The topological polar surface area (TPSA) is 38.7 Å². The van der Waals surface area contributed by atoms with Gasteiger partial charge in [-0.1, -0.05) is 0 Å². The quantitative estimate of drug-likeness (QED) is 0.772. The molecule has 0 bridgehead atoms.